The molecule has 2 aromatic heterocycles. The van der Waals surface area contributed by atoms with E-state index in [9.17, 15) is 9.59 Å². The zero-order valence-electron chi connectivity index (χ0n) is 18.8. The first-order valence-corrected chi connectivity index (χ1v) is 11.8. The average molecular weight is 485 g/mol. The van der Waals surface area contributed by atoms with Crippen LogP contribution in [0.2, 0.25) is 5.02 Å². The summed E-state index contributed by atoms with van der Waals surface area (Å²) < 4.78 is 5.99. The fourth-order valence-electron chi connectivity index (χ4n) is 4.60. The van der Waals surface area contributed by atoms with Crippen molar-refractivity contribution in [3.63, 3.8) is 0 Å². The lowest BCUT2D eigenvalue weighted by atomic mass is 10.1. The first kappa shape index (κ1) is 21.7. The van der Waals surface area contributed by atoms with E-state index in [0.29, 0.717) is 34.3 Å². The maximum Gasteiger partial charge on any atom is 0.261 e. The normalized spacial score (nSPS) is 15.4. The van der Waals surface area contributed by atoms with Crippen molar-refractivity contribution in [3.8, 4) is 11.4 Å². The summed E-state index contributed by atoms with van der Waals surface area (Å²) in [5, 5.41) is 0.687. The van der Waals surface area contributed by atoms with Crippen LogP contribution in [0.5, 0.6) is 0 Å². The Morgan fingerprint density at radius 1 is 0.886 bits per heavy atom. The fraction of sp³-hybridized carbons (Fsp3) is 0.185. The van der Waals surface area contributed by atoms with Gasteiger partial charge in [-0.1, -0.05) is 23.7 Å². The van der Waals surface area contributed by atoms with Crippen molar-refractivity contribution in [3.05, 3.63) is 106 Å². The molecule has 0 N–H and O–H groups in total. The molecule has 0 unspecified atom stereocenters. The summed E-state index contributed by atoms with van der Waals surface area (Å²) in [7, 11) is 0. The lowest BCUT2D eigenvalue weighted by molar-refractivity contribution is 0.0630. The molecule has 2 amide bonds. The number of carbonyl (C=O) groups excluding carboxylic acids is 2. The van der Waals surface area contributed by atoms with Gasteiger partial charge in [0.2, 0.25) is 0 Å². The molecule has 4 heterocycles. The molecule has 8 heteroatoms. The van der Waals surface area contributed by atoms with Gasteiger partial charge in [0.25, 0.3) is 11.8 Å². The van der Waals surface area contributed by atoms with Crippen molar-refractivity contribution in [2.24, 2.45) is 0 Å². The molecule has 0 spiro atoms. The summed E-state index contributed by atoms with van der Waals surface area (Å²) >= 11 is 5.99. The molecular weight excluding hydrogens is 464 g/mol. The highest BCUT2D eigenvalue weighted by atomic mass is 35.5. The molecule has 0 radical (unpaired) electrons. The van der Waals surface area contributed by atoms with E-state index in [0.717, 1.165) is 42.1 Å². The molecule has 2 aliphatic rings. The van der Waals surface area contributed by atoms with Crippen LogP contribution in [-0.4, -0.2) is 38.1 Å². The number of rotatable bonds is 5. The molecule has 0 atom stereocenters. The number of halogens is 1. The highest BCUT2D eigenvalue weighted by Gasteiger charge is 2.35. The Kier molecular flexibility index (Phi) is 5.43. The molecule has 6 rings (SSSR count). The Labute approximate surface area is 207 Å². The van der Waals surface area contributed by atoms with Gasteiger partial charge in [0.1, 0.15) is 11.5 Å². The fourth-order valence-corrected chi connectivity index (χ4v) is 4.72. The number of carbonyl (C=O) groups is 2. The third kappa shape index (κ3) is 4.13. The lowest BCUT2D eigenvalue weighted by Gasteiger charge is -2.27. The average Bonchev–Trinajstić information content (AvgIpc) is 3.42. The Hall–Kier alpha value is -3.81. The summed E-state index contributed by atoms with van der Waals surface area (Å²) in [6.07, 6.45) is 2.72. The van der Waals surface area contributed by atoms with E-state index in [2.05, 4.69) is 9.88 Å². The number of imide groups is 1. The third-order valence-electron chi connectivity index (χ3n) is 6.40. The number of amides is 2. The van der Waals surface area contributed by atoms with E-state index < -0.39 is 0 Å². The molecule has 2 aromatic carbocycles. The standard InChI is InChI=1S/C27H21ClN4O3/c28-19-7-5-17(6-8-19)25-29-13-18-14-31(12-11-24(18)30-25)15-20-9-10-21(35-20)16-32-26(33)22-3-1-2-4-23(22)27(32)34/h1-10,13H,11-12,14-16H2. The van der Waals surface area contributed by atoms with Gasteiger partial charge >= 0.3 is 0 Å². The smallest absolute Gasteiger partial charge is 0.261 e. The van der Waals surface area contributed by atoms with Crippen molar-refractivity contribution in [1.82, 2.24) is 19.8 Å². The van der Waals surface area contributed by atoms with Gasteiger partial charge in [0, 0.05) is 41.9 Å². The molecule has 4 aromatic rings. The zero-order valence-corrected chi connectivity index (χ0v) is 19.5. The summed E-state index contributed by atoms with van der Waals surface area (Å²) in [6, 6.07) is 18.2. The van der Waals surface area contributed by atoms with Gasteiger partial charge in [-0.3, -0.25) is 19.4 Å². The second-order valence-electron chi connectivity index (χ2n) is 8.74. The van der Waals surface area contributed by atoms with Crippen molar-refractivity contribution in [2.45, 2.75) is 26.1 Å². The van der Waals surface area contributed by atoms with Crippen LogP contribution in [-0.2, 0) is 26.1 Å². The predicted molar refractivity (Wildman–Crippen MR) is 130 cm³/mol. The number of furan rings is 1. The maximum absolute atomic E-state index is 12.6. The van der Waals surface area contributed by atoms with Crippen molar-refractivity contribution < 1.29 is 14.0 Å². The van der Waals surface area contributed by atoms with Crippen LogP contribution in [0.3, 0.4) is 0 Å². The van der Waals surface area contributed by atoms with Crippen molar-refractivity contribution >= 4 is 23.4 Å². The molecule has 0 fully saturated rings. The number of hydrogen-bond acceptors (Lipinski definition) is 6. The van der Waals surface area contributed by atoms with E-state index in [4.69, 9.17) is 21.0 Å². The minimum atomic E-state index is -0.283. The Bertz CT molecular complexity index is 1410. The monoisotopic (exact) mass is 484 g/mol. The second-order valence-corrected chi connectivity index (χ2v) is 9.18. The topological polar surface area (TPSA) is 79.5 Å². The molecule has 0 aliphatic carbocycles. The maximum atomic E-state index is 12.6. The number of nitrogens with zero attached hydrogens (tertiary/aromatic N) is 4. The number of aromatic nitrogens is 2. The first-order chi connectivity index (χ1) is 17.0. The van der Waals surface area contributed by atoms with Crippen LogP contribution in [0.1, 0.15) is 43.5 Å². The minimum Gasteiger partial charge on any atom is -0.463 e. The van der Waals surface area contributed by atoms with Gasteiger partial charge < -0.3 is 4.42 Å². The lowest BCUT2D eigenvalue weighted by Crippen LogP contribution is -2.31. The summed E-state index contributed by atoms with van der Waals surface area (Å²) in [6.45, 7) is 2.32. The summed E-state index contributed by atoms with van der Waals surface area (Å²) in [5.74, 6) is 1.52. The zero-order chi connectivity index (χ0) is 23.9. The van der Waals surface area contributed by atoms with Gasteiger partial charge in [-0.15, -0.1) is 0 Å². The van der Waals surface area contributed by atoms with E-state index in [1.165, 1.54) is 4.90 Å². The van der Waals surface area contributed by atoms with Crippen molar-refractivity contribution in [1.29, 1.82) is 0 Å². The molecule has 7 nitrogen and oxygen atoms in total. The summed E-state index contributed by atoms with van der Waals surface area (Å²) in [4.78, 5) is 38.1. The number of benzene rings is 2. The third-order valence-corrected chi connectivity index (χ3v) is 6.66. The van der Waals surface area contributed by atoms with E-state index in [1.54, 1.807) is 24.3 Å². The van der Waals surface area contributed by atoms with Crippen LogP contribution in [0.15, 0.2) is 71.3 Å². The van der Waals surface area contributed by atoms with Gasteiger partial charge in [0.05, 0.1) is 29.9 Å². The molecule has 174 valence electrons. The quantitative estimate of drug-likeness (QED) is 0.380. The number of hydrogen-bond donors (Lipinski definition) is 0. The van der Waals surface area contributed by atoms with Crippen molar-refractivity contribution in [2.75, 3.05) is 6.54 Å². The van der Waals surface area contributed by atoms with Crippen LogP contribution >= 0.6 is 11.6 Å². The largest absolute Gasteiger partial charge is 0.463 e. The molecular formula is C27H21ClN4O3. The molecule has 0 saturated heterocycles. The first-order valence-electron chi connectivity index (χ1n) is 11.4. The highest BCUT2D eigenvalue weighted by molar-refractivity contribution is 6.30. The van der Waals surface area contributed by atoms with Crippen LogP contribution < -0.4 is 0 Å². The molecule has 35 heavy (non-hydrogen) atoms. The van der Waals surface area contributed by atoms with Gasteiger partial charge in [-0.2, -0.15) is 0 Å². The Morgan fingerprint density at radius 3 is 2.29 bits per heavy atom. The van der Waals surface area contributed by atoms with E-state index >= 15 is 0 Å². The van der Waals surface area contributed by atoms with Crippen LogP contribution in [0.4, 0.5) is 0 Å². The Balaban J connectivity index is 1.11. The van der Waals surface area contributed by atoms with Crippen LogP contribution in [0, 0.1) is 0 Å². The van der Waals surface area contributed by atoms with Crippen LogP contribution in [0.25, 0.3) is 11.4 Å². The minimum absolute atomic E-state index is 0.122. The van der Waals surface area contributed by atoms with E-state index in [1.807, 2.05) is 42.6 Å². The second kappa shape index (κ2) is 8.76. The number of fused-ring (bicyclic) bond motifs is 2. The van der Waals surface area contributed by atoms with Gasteiger partial charge in [-0.05, 0) is 48.5 Å². The molecule has 0 bridgehead atoms. The van der Waals surface area contributed by atoms with Gasteiger partial charge in [0.15, 0.2) is 5.82 Å². The SMILES string of the molecule is O=C1c2ccccc2C(=O)N1Cc1ccc(CN2CCc3nc(-c4ccc(Cl)cc4)ncc3C2)o1. The molecule has 0 saturated carbocycles. The predicted octanol–water partition coefficient (Wildman–Crippen LogP) is 4.74. The molecule has 2 aliphatic heterocycles. The van der Waals surface area contributed by atoms with Gasteiger partial charge in [-0.25, -0.2) is 9.97 Å². The summed E-state index contributed by atoms with van der Waals surface area (Å²) in [5.41, 5.74) is 4.00. The highest BCUT2D eigenvalue weighted by Crippen LogP contribution is 2.26. The Morgan fingerprint density at radius 2 is 1.57 bits per heavy atom. The van der Waals surface area contributed by atoms with E-state index in [-0.39, 0.29) is 18.4 Å².